The summed E-state index contributed by atoms with van der Waals surface area (Å²) in [6, 6.07) is 16.5. The predicted octanol–water partition coefficient (Wildman–Crippen LogP) is 4.74. The summed E-state index contributed by atoms with van der Waals surface area (Å²) in [5, 5.41) is 3.13. The van der Waals surface area contributed by atoms with Crippen molar-refractivity contribution in [3.8, 4) is 11.5 Å². The Morgan fingerprint density at radius 1 is 0.966 bits per heavy atom. The van der Waals surface area contributed by atoms with Crippen molar-refractivity contribution in [1.29, 1.82) is 0 Å². The van der Waals surface area contributed by atoms with E-state index in [9.17, 15) is 14.0 Å². The largest absolute Gasteiger partial charge is 0.495 e. The number of nitrogens with one attached hydrogen (secondary N) is 1. The zero-order chi connectivity index (χ0) is 20.8. The molecule has 5 nitrogen and oxygen atoms in total. The van der Waals surface area contributed by atoms with E-state index in [2.05, 4.69) is 5.32 Å². The summed E-state index contributed by atoms with van der Waals surface area (Å²) in [6.07, 6.45) is 0. The Morgan fingerprint density at radius 2 is 1.59 bits per heavy atom. The van der Waals surface area contributed by atoms with E-state index >= 15 is 0 Å². The van der Waals surface area contributed by atoms with Gasteiger partial charge in [0.15, 0.2) is 12.4 Å². The normalized spacial score (nSPS) is 10.3. The maximum Gasteiger partial charge on any atom is 0.262 e. The number of ketones is 1. The van der Waals surface area contributed by atoms with E-state index in [1.807, 2.05) is 0 Å². The van der Waals surface area contributed by atoms with Crippen LogP contribution >= 0.6 is 11.6 Å². The number of hydrogen-bond acceptors (Lipinski definition) is 4. The molecule has 29 heavy (non-hydrogen) atoms. The summed E-state index contributed by atoms with van der Waals surface area (Å²) < 4.78 is 23.6. The van der Waals surface area contributed by atoms with Crippen LogP contribution in [0.15, 0.2) is 66.7 Å². The number of rotatable bonds is 7. The van der Waals surface area contributed by atoms with Crippen molar-refractivity contribution >= 4 is 29.0 Å². The third-order valence-corrected chi connectivity index (χ3v) is 4.26. The van der Waals surface area contributed by atoms with E-state index in [0.29, 0.717) is 33.3 Å². The lowest BCUT2D eigenvalue weighted by Gasteiger charge is -2.11. The summed E-state index contributed by atoms with van der Waals surface area (Å²) >= 11 is 5.94. The first-order chi connectivity index (χ1) is 14.0. The molecule has 0 unspecified atom stereocenters. The highest BCUT2D eigenvalue weighted by molar-refractivity contribution is 6.31. The molecule has 0 saturated heterocycles. The highest BCUT2D eigenvalue weighted by Gasteiger charge is 2.11. The van der Waals surface area contributed by atoms with E-state index in [4.69, 9.17) is 21.1 Å². The van der Waals surface area contributed by atoms with Crippen molar-refractivity contribution in [2.45, 2.75) is 0 Å². The molecular weight excluding hydrogens is 397 g/mol. The number of methoxy groups -OCH3 is 1. The van der Waals surface area contributed by atoms with Crippen LogP contribution in [0.4, 0.5) is 10.1 Å². The van der Waals surface area contributed by atoms with Crippen LogP contribution in [0.5, 0.6) is 11.5 Å². The van der Waals surface area contributed by atoms with Gasteiger partial charge in [0.05, 0.1) is 12.8 Å². The van der Waals surface area contributed by atoms with E-state index in [0.717, 1.165) is 0 Å². The molecule has 148 valence electrons. The van der Waals surface area contributed by atoms with Gasteiger partial charge in [0.2, 0.25) is 0 Å². The van der Waals surface area contributed by atoms with E-state index in [1.54, 1.807) is 42.5 Å². The van der Waals surface area contributed by atoms with Crippen molar-refractivity contribution in [2.24, 2.45) is 0 Å². The minimum atomic E-state index is -0.404. The van der Waals surface area contributed by atoms with Gasteiger partial charge in [-0.1, -0.05) is 11.6 Å². The fourth-order valence-corrected chi connectivity index (χ4v) is 2.76. The van der Waals surface area contributed by atoms with Gasteiger partial charge < -0.3 is 14.8 Å². The number of halogens is 2. The number of anilines is 1. The molecule has 0 aliphatic carbocycles. The molecule has 0 fully saturated rings. The molecule has 3 aromatic rings. The van der Waals surface area contributed by atoms with E-state index in [1.165, 1.54) is 31.4 Å². The van der Waals surface area contributed by atoms with Gasteiger partial charge in [-0.15, -0.1) is 0 Å². The van der Waals surface area contributed by atoms with Crippen LogP contribution in [0.1, 0.15) is 15.9 Å². The molecular formula is C22H17ClFNO4. The predicted molar refractivity (Wildman–Crippen MR) is 108 cm³/mol. The molecule has 7 heteroatoms. The summed E-state index contributed by atoms with van der Waals surface area (Å²) in [7, 11) is 1.49. The Balaban J connectivity index is 1.59. The number of carbonyl (C=O) groups excluding carboxylic acids is 2. The first-order valence-corrected chi connectivity index (χ1v) is 9.00. The molecule has 1 N–H and O–H groups in total. The molecule has 0 atom stereocenters. The van der Waals surface area contributed by atoms with Gasteiger partial charge in [0.1, 0.15) is 17.3 Å². The van der Waals surface area contributed by atoms with Crippen LogP contribution in [0.3, 0.4) is 0 Å². The van der Waals surface area contributed by atoms with Crippen molar-refractivity contribution in [2.75, 3.05) is 19.0 Å². The Labute approximate surface area is 172 Å². The third kappa shape index (κ3) is 5.33. The number of benzene rings is 3. The number of amides is 1. The maximum atomic E-state index is 13.0. The average molecular weight is 414 g/mol. The maximum absolute atomic E-state index is 13.0. The summed E-state index contributed by atoms with van der Waals surface area (Å²) in [6.45, 7) is -0.235. The summed E-state index contributed by atoms with van der Waals surface area (Å²) in [5.41, 5.74) is 1.25. The highest BCUT2D eigenvalue weighted by atomic mass is 35.5. The number of hydrogen-bond donors (Lipinski definition) is 1. The molecule has 0 radical (unpaired) electrons. The minimum Gasteiger partial charge on any atom is -0.495 e. The molecule has 0 aliphatic heterocycles. The van der Waals surface area contributed by atoms with Crippen LogP contribution in [0.2, 0.25) is 5.02 Å². The topological polar surface area (TPSA) is 64.6 Å². The Morgan fingerprint density at radius 3 is 2.21 bits per heavy atom. The molecule has 1 amide bonds. The molecule has 0 heterocycles. The molecule has 3 aromatic carbocycles. The van der Waals surface area contributed by atoms with Gasteiger partial charge in [-0.05, 0) is 66.7 Å². The van der Waals surface area contributed by atoms with Crippen LogP contribution in [-0.2, 0) is 4.79 Å². The van der Waals surface area contributed by atoms with Gasteiger partial charge in [-0.3, -0.25) is 9.59 Å². The smallest absolute Gasteiger partial charge is 0.262 e. The third-order valence-electron chi connectivity index (χ3n) is 4.03. The van der Waals surface area contributed by atoms with Crippen LogP contribution in [-0.4, -0.2) is 25.4 Å². The fourth-order valence-electron chi connectivity index (χ4n) is 2.58. The fraction of sp³-hybridized carbons (Fsp3) is 0.0909. The number of ether oxygens (including phenoxy) is 2. The van der Waals surface area contributed by atoms with Crippen LogP contribution < -0.4 is 14.8 Å². The lowest BCUT2D eigenvalue weighted by atomic mass is 10.0. The van der Waals surface area contributed by atoms with Crippen molar-refractivity contribution in [1.82, 2.24) is 0 Å². The SMILES string of the molecule is COc1ccc(Cl)cc1NC(=O)COc1ccc(C(=O)c2ccc(F)cc2)cc1. The van der Waals surface area contributed by atoms with Gasteiger partial charge >= 0.3 is 0 Å². The molecule has 0 aromatic heterocycles. The quantitative estimate of drug-likeness (QED) is 0.568. The second-order valence-corrected chi connectivity index (χ2v) is 6.48. The Hall–Kier alpha value is -3.38. The van der Waals surface area contributed by atoms with Gasteiger partial charge in [-0.25, -0.2) is 4.39 Å². The van der Waals surface area contributed by atoms with Crippen molar-refractivity contribution in [3.63, 3.8) is 0 Å². The average Bonchev–Trinajstić information content (AvgIpc) is 2.73. The van der Waals surface area contributed by atoms with Gasteiger partial charge in [0.25, 0.3) is 5.91 Å². The Kier molecular flexibility index (Phi) is 6.46. The zero-order valence-corrected chi connectivity index (χ0v) is 16.2. The van der Waals surface area contributed by atoms with E-state index in [-0.39, 0.29) is 12.4 Å². The second kappa shape index (κ2) is 9.21. The molecule has 0 saturated carbocycles. The van der Waals surface area contributed by atoms with Crippen molar-refractivity contribution in [3.05, 3.63) is 88.7 Å². The second-order valence-electron chi connectivity index (χ2n) is 6.04. The van der Waals surface area contributed by atoms with Crippen LogP contribution in [0.25, 0.3) is 0 Å². The molecule has 0 spiro atoms. The zero-order valence-electron chi connectivity index (χ0n) is 15.4. The van der Waals surface area contributed by atoms with Crippen LogP contribution in [0, 0.1) is 5.82 Å². The molecule has 0 aliphatic rings. The first kappa shape index (κ1) is 20.4. The molecule has 0 bridgehead atoms. The lowest BCUT2D eigenvalue weighted by molar-refractivity contribution is -0.118. The summed E-state index contributed by atoms with van der Waals surface area (Å²) in [5.74, 6) is -0.126. The number of carbonyl (C=O) groups is 2. The van der Waals surface area contributed by atoms with Gasteiger partial charge in [0, 0.05) is 16.1 Å². The standard InChI is InChI=1S/C22H17ClFNO4/c1-28-20-11-6-16(23)12-19(20)25-21(26)13-29-18-9-4-15(5-10-18)22(27)14-2-7-17(24)8-3-14/h2-12H,13H2,1H3,(H,25,26). The summed E-state index contributed by atoms with van der Waals surface area (Å²) in [4.78, 5) is 24.5. The monoisotopic (exact) mass is 413 g/mol. The Bertz CT molecular complexity index is 1020. The first-order valence-electron chi connectivity index (χ1n) is 8.63. The van der Waals surface area contributed by atoms with E-state index < -0.39 is 11.7 Å². The molecule has 3 rings (SSSR count). The van der Waals surface area contributed by atoms with Crippen molar-refractivity contribution < 1.29 is 23.5 Å². The lowest BCUT2D eigenvalue weighted by Crippen LogP contribution is -2.20. The van der Waals surface area contributed by atoms with Gasteiger partial charge in [-0.2, -0.15) is 0 Å². The highest BCUT2D eigenvalue weighted by Crippen LogP contribution is 2.27. The minimum absolute atomic E-state index is 0.234.